The molecule has 75 heavy (non-hydrogen) atoms. The van der Waals surface area contributed by atoms with Gasteiger partial charge in [-0.2, -0.15) is 5.53 Å². The van der Waals surface area contributed by atoms with Crippen molar-refractivity contribution in [2.75, 3.05) is 73.2 Å². The standard InChI is InChI=1S/C50H77N9S.C10H18N2S.C2H4/c1-11-13-23-50(7,8)32-44-42-30-38(45-34-60-47(53-45)18-16-14-15-17-24-52-55-54-37(6)48(35(3)4)56(9)10)19-22-46(42)59(12-2)49(44)43(41-29-36(41)5)31-40(33-51)58-27-25-57(26-28-58)39-20-21-39;1-4-12-7-10(8-12)5-9(6-10)11(2)13-3;1-2/h11,19,22,30-31,33-36,39,48,51-52,54-55H,1,6,12-18,20-21,23-29,32H2,2-5,7-10H3;4,9H,1,5-8H2,2-3H3;1-2H2/b40-31+,43-41-,51-33?;;. The van der Waals surface area contributed by atoms with Gasteiger partial charge in [0.1, 0.15) is 0 Å². The molecule has 3 saturated carbocycles. The second-order valence-electron chi connectivity index (χ2n) is 23.5. The summed E-state index contributed by atoms with van der Waals surface area (Å²) >= 11 is 3.65. The predicted octanol–water partition coefficient (Wildman–Crippen LogP) is 12.8. The number of aromatic nitrogens is 2. The normalized spacial score (nSPS) is 19.8. The molecule has 13 heteroatoms. The molecule has 8 rings (SSSR count). The molecule has 1 spiro atoms. The van der Waals surface area contributed by atoms with Crippen LogP contribution in [0.3, 0.4) is 0 Å². The number of fused-ring (bicyclic) bond motifs is 1. The van der Waals surface area contributed by atoms with E-state index in [1.54, 1.807) is 17.6 Å². The summed E-state index contributed by atoms with van der Waals surface area (Å²) in [4.78, 5) is 14.8. The minimum atomic E-state index is 0.0966. The van der Waals surface area contributed by atoms with Crippen molar-refractivity contribution >= 4 is 46.0 Å². The summed E-state index contributed by atoms with van der Waals surface area (Å²) in [6, 6.07) is 8.98. The molecule has 11 nitrogen and oxygen atoms in total. The molecule has 3 aliphatic carbocycles. The first kappa shape index (κ1) is 60.3. The van der Waals surface area contributed by atoms with Gasteiger partial charge in [-0.1, -0.05) is 90.3 Å². The lowest BCUT2D eigenvalue weighted by atomic mass is 9.61. The van der Waals surface area contributed by atoms with Crippen LogP contribution in [0.15, 0.2) is 91.8 Å². The molecular formula is C62H99N11S2. The molecule has 414 valence electrons. The zero-order chi connectivity index (χ0) is 54.5. The Balaban J connectivity index is 0.000000523. The van der Waals surface area contributed by atoms with Gasteiger partial charge in [-0.3, -0.25) is 9.21 Å². The maximum atomic E-state index is 8.65. The van der Waals surface area contributed by atoms with Crippen molar-refractivity contribution in [2.45, 2.75) is 150 Å². The van der Waals surface area contributed by atoms with Crippen LogP contribution in [0.2, 0.25) is 0 Å². The fourth-order valence-electron chi connectivity index (χ4n) is 12.1. The fraction of sp³-hybridized carbons (Fsp3) is 0.613. The minimum Gasteiger partial charge on any atom is -0.377 e. The Bertz CT molecular complexity index is 2390. The van der Waals surface area contributed by atoms with Crippen molar-refractivity contribution in [1.29, 1.82) is 5.41 Å². The second-order valence-corrected chi connectivity index (χ2v) is 25.4. The molecule has 4 N–H and O–H groups in total. The topological polar surface area (TPSA) is 94.0 Å². The molecule has 1 aromatic carbocycles. The highest BCUT2D eigenvalue weighted by atomic mass is 32.2. The number of hydrogen-bond acceptors (Lipinski definition) is 12. The zero-order valence-electron chi connectivity index (χ0n) is 48.3. The van der Waals surface area contributed by atoms with Gasteiger partial charge in [0.15, 0.2) is 0 Å². The monoisotopic (exact) mass is 1060 g/mol. The number of hydrazine groups is 2. The van der Waals surface area contributed by atoms with Gasteiger partial charge in [-0.05, 0) is 152 Å². The third-order valence-corrected chi connectivity index (χ3v) is 18.3. The van der Waals surface area contributed by atoms with Crippen LogP contribution in [0.4, 0.5) is 0 Å². The van der Waals surface area contributed by atoms with Crippen molar-refractivity contribution < 1.29 is 0 Å². The summed E-state index contributed by atoms with van der Waals surface area (Å²) < 4.78 is 4.97. The summed E-state index contributed by atoms with van der Waals surface area (Å²) in [5, 5.41) is 13.5. The molecule has 0 bridgehead atoms. The Morgan fingerprint density at radius 3 is 2.32 bits per heavy atom. The van der Waals surface area contributed by atoms with Crippen molar-refractivity contribution in [2.24, 2.45) is 22.7 Å². The number of hydrogen-bond donors (Lipinski definition) is 4. The minimum absolute atomic E-state index is 0.0966. The number of rotatable bonds is 28. The van der Waals surface area contributed by atoms with Gasteiger partial charge in [-0.15, -0.1) is 31.1 Å². The highest BCUT2D eigenvalue weighted by Crippen LogP contribution is 2.51. The van der Waals surface area contributed by atoms with Crippen LogP contribution >= 0.6 is 23.3 Å². The van der Waals surface area contributed by atoms with Gasteiger partial charge in [0.25, 0.3) is 0 Å². The van der Waals surface area contributed by atoms with Crippen LogP contribution in [0.5, 0.6) is 0 Å². The first-order valence-electron chi connectivity index (χ1n) is 28.4. The number of benzene rings is 1. The van der Waals surface area contributed by atoms with E-state index in [0.717, 1.165) is 113 Å². The second kappa shape index (κ2) is 28.1. The Hall–Kier alpha value is -3.95. The number of aryl methyl sites for hydroxylation is 2. The smallest absolute Gasteiger partial charge is 0.0932 e. The molecular weight excluding hydrogens is 963 g/mol. The lowest BCUT2D eigenvalue weighted by molar-refractivity contribution is -0.0664. The molecule has 4 heterocycles. The van der Waals surface area contributed by atoms with E-state index >= 15 is 0 Å². The first-order valence-corrected chi connectivity index (χ1v) is 30.5. The maximum absolute atomic E-state index is 8.65. The number of likely N-dealkylation sites (tertiary alicyclic amines) is 1. The Morgan fingerprint density at radius 1 is 1.04 bits per heavy atom. The number of piperazine rings is 1. The molecule has 3 aromatic rings. The third-order valence-electron chi connectivity index (χ3n) is 16.5. The quantitative estimate of drug-likeness (QED) is 0.0185. The fourth-order valence-corrected chi connectivity index (χ4v) is 13.4. The molecule has 2 aliphatic heterocycles. The van der Waals surface area contributed by atoms with Gasteiger partial charge >= 0.3 is 0 Å². The SMILES string of the molecule is C=C.C=CCCC(C)(C)Cc1c(C(/C=C(\C=N)N2CCN(C3CC3)CC2)=C2/CC2C)n(CC)c2ccc(-c3csc(CCCCCCNNNC(=C)C(C(C)C)N(C)C)n3)cc12.C=CN1CC2(CC(N(C)SC)C2)C1. The Morgan fingerprint density at radius 2 is 1.73 bits per heavy atom. The van der Waals surface area contributed by atoms with Crippen molar-refractivity contribution in [1.82, 2.24) is 49.8 Å². The summed E-state index contributed by atoms with van der Waals surface area (Å²) in [5.41, 5.74) is 21.7. The van der Waals surface area contributed by atoms with E-state index < -0.39 is 0 Å². The molecule has 2 aromatic heterocycles. The Kier molecular flexibility index (Phi) is 22.6. The van der Waals surface area contributed by atoms with E-state index in [1.807, 2.05) is 18.1 Å². The van der Waals surface area contributed by atoms with Crippen LogP contribution in [0, 0.1) is 28.1 Å². The van der Waals surface area contributed by atoms with Crippen LogP contribution in [0.1, 0.15) is 128 Å². The molecule has 0 radical (unpaired) electrons. The molecule has 5 fully saturated rings. The molecule has 5 aliphatic rings. The number of allylic oxidation sites excluding steroid dienone is 5. The highest BCUT2D eigenvalue weighted by Gasteiger charge is 2.52. The lowest BCUT2D eigenvalue weighted by Gasteiger charge is -2.60. The molecule has 0 amide bonds. The van der Waals surface area contributed by atoms with Gasteiger partial charge in [-0.25, -0.2) is 10.4 Å². The molecule has 2 saturated heterocycles. The number of nitrogens with one attached hydrogen (secondary N) is 4. The largest absolute Gasteiger partial charge is 0.377 e. The van der Waals surface area contributed by atoms with E-state index in [0.29, 0.717) is 17.3 Å². The van der Waals surface area contributed by atoms with E-state index in [-0.39, 0.29) is 11.5 Å². The van der Waals surface area contributed by atoms with Gasteiger partial charge in [0.05, 0.1) is 28.1 Å². The highest BCUT2D eigenvalue weighted by molar-refractivity contribution is 7.96. The van der Waals surface area contributed by atoms with Gasteiger partial charge in [0.2, 0.25) is 0 Å². The van der Waals surface area contributed by atoms with E-state index in [4.69, 9.17) is 10.4 Å². The summed E-state index contributed by atoms with van der Waals surface area (Å²) in [5.74, 6) is 1.05. The van der Waals surface area contributed by atoms with Crippen LogP contribution in [-0.2, 0) is 19.4 Å². The van der Waals surface area contributed by atoms with Crippen LogP contribution in [-0.4, -0.2) is 131 Å². The number of thiazole rings is 1. The average molecular weight is 1060 g/mol. The maximum Gasteiger partial charge on any atom is 0.0932 e. The van der Waals surface area contributed by atoms with Crippen molar-refractivity contribution in [3.63, 3.8) is 0 Å². The first-order chi connectivity index (χ1) is 36.0. The predicted molar refractivity (Wildman–Crippen MR) is 327 cm³/mol. The summed E-state index contributed by atoms with van der Waals surface area (Å²) in [6.07, 6.45) is 25.5. The Labute approximate surface area is 463 Å². The van der Waals surface area contributed by atoms with Crippen LogP contribution in [0.25, 0.3) is 27.7 Å². The number of unbranched alkanes of at least 4 members (excludes halogenated alkanes) is 3. The summed E-state index contributed by atoms with van der Waals surface area (Å²) in [7, 11) is 6.39. The number of likely N-dealkylation sites (N-methyl/N-ethyl adjacent to an activating group) is 1. The third kappa shape index (κ3) is 15.9. The van der Waals surface area contributed by atoms with Gasteiger partial charge in [0, 0.05) is 109 Å². The molecule has 2 unspecified atom stereocenters. The van der Waals surface area contributed by atoms with E-state index in [2.05, 4.69) is 182 Å². The van der Waals surface area contributed by atoms with Crippen molar-refractivity contribution in [3.05, 3.63) is 108 Å². The van der Waals surface area contributed by atoms with Crippen LogP contribution < -0.4 is 16.4 Å². The number of nitrogens with zero attached hydrogens (tertiary/aromatic N) is 7. The zero-order valence-corrected chi connectivity index (χ0v) is 50.0. The average Bonchev–Trinajstić information content (AvgIpc) is 4.29. The van der Waals surface area contributed by atoms with E-state index in [1.165, 1.54) is 95.5 Å². The molecule has 2 atom stereocenters. The lowest BCUT2D eigenvalue weighted by Crippen LogP contribution is -2.63. The van der Waals surface area contributed by atoms with Crippen molar-refractivity contribution in [3.8, 4) is 11.3 Å². The summed E-state index contributed by atoms with van der Waals surface area (Å²) in [6.45, 7) is 40.5. The van der Waals surface area contributed by atoms with Gasteiger partial charge < -0.3 is 30.1 Å². The van der Waals surface area contributed by atoms with E-state index in [9.17, 15) is 0 Å².